The van der Waals surface area contributed by atoms with Crippen LogP contribution in [0.2, 0.25) is 0 Å². The van der Waals surface area contributed by atoms with E-state index in [-0.39, 0.29) is 0 Å². The summed E-state index contributed by atoms with van der Waals surface area (Å²) in [5, 5.41) is 0.578. The largest absolute Gasteiger partial charge is 0.444 e. The van der Waals surface area contributed by atoms with E-state index in [1.807, 2.05) is 12.2 Å². The van der Waals surface area contributed by atoms with E-state index in [4.69, 9.17) is 16.0 Å². The predicted molar refractivity (Wildman–Crippen MR) is 80.1 cm³/mol. The Morgan fingerprint density at radius 2 is 2.20 bits per heavy atom. The Bertz CT molecular complexity index is 537. The number of aromatic nitrogens is 1. The SMILES string of the molecule is C=C/C(Cl)=C\C=C/Cc1nc(C=O)c(C2CCCC2)o1. The number of carbonyl (C=O) groups is 1. The van der Waals surface area contributed by atoms with Crippen molar-refractivity contribution in [1.29, 1.82) is 0 Å². The molecule has 0 unspecified atom stereocenters. The smallest absolute Gasteiger partial charge is 0.198 e. The molecule has 3 nitrogen and oxygen atoms in total. The van der Waals surface area contributed by atoms with Gasteiger partial charge < -0.3 is 4.42 Å². The molecule has 1 saturated carbocycles. The fourth-order valence-electron chi connectivity index (χ4n) is 2.44. The second-order valence-electron chi connectivity index (χ2n) is 4.84. The van der Waals surface area contributed by atoms with Crippen molar-refractivity contribution in [2.75, 3.05) is 0 Å². The molecular weight excluding hydrogens is 274 g/mol. The summed E-state index contributed by atoms with van der Waals surface area (Å²) in [7, 11) is 0. The highest BCUT2D eigenvalue weighted by Crippen LogP contribution is 2.35. The van der Waals surface area contributed by atoms with Crippen LogP contribution in [0.3, 0.4) is 0 Å². The lowest BCUT2D eigenvalue weighted by atomic mass is 10.0. The number of rotatable bonds is 6. The molecule has 106 valence electrons. The van der Waals surface area contributed by atoms with Crippen LogP contribution in [-0.2, 0) is 6.42 Å². The average Bonchev–Trinajstić information content (AvgIpc) is 3.11. The molecule has 4 heteroatoms. The lowest BCUT2D eigenvalue weighted by Crippen LogP contribution is -1.94. The molecule has 2 rings (SSSR count). The highest BCUT2D eigenvalue weighted by atomic mass is 35.5. The molecule has 0 aliphatic heterocycles. The van der Waals surface area contributed by atoms with Gasteiger partial charge >= 0.3 is 0 Å². The van der Waals surface area contributed by atoms with Crippen LogP contribution in [0.1, 0.15) is 53.7 Å². The molecule has 0 radical (unpaired) electrons. The van der Waals surface area contributed by atoms with Gasteiger partial charge in [0.15, 0.2) is 12.2 Å². The van der Waals surface area contributed by atoms with E-state index in [0.29, 0.717) is 29.0 Å². The van der Waals surface area contributed by atoms with E-state index < -0.39 is 0 Å². The van der Waals surface area contributed by atoms with Crippen LogP contribution in [0, 0.1) is 0 Å². The molecule has 0 spiro atoms. The van der Waals surface area contributed by atoms with Gasteiger partial charge in [-0.3, -0.25) is 4.79 Å². The lowest BCUT2D eigenvalue weighted by Gasteiger charge is -2.03. The summed E-state index contributed by atoms with van der Waals surface area (Å²) in [5.74, 6) is 1.70. The number of oxazole rings is 1. The van der Waals surface area contributed by atoms with Crippen molar-refractivity contribution in [3.8, 4) is 0 Å². The number of aldehydes is 1. The van der Waals surface area contributed by atoms with Crippen LogP contribution in [0.4, 0.5) is 0 Å². The van der Waals surface area contributed by atoms with E-state index in [1.54, 1.807) is 12.2 Å². The van der Waals surface area contributed by atoms with E-state index in [0.717, 1.165) is 24.9 Å². The van der Waals surface area contributed by atoms with Crippen molar-refractivity contribution in [1.82, 2.24) is 4.98 Å². The van der Waals surface area contributed by atoms with Gasteiger partial charge in [-0.15, -0.1) is 0 Å². The van der Waals surface area contributed by atoms with Crippen molar-refractivity contribution in [3.63, 3.8) is 0 Å². The molecule has 1 aromatic heterocycles. The van der Waals surface area contributed by atoms with E-state index in [2.05, 4.69) is 11.6 Å². The van der Waals surface area contributed by atoms with Crippen molar-refractivity contribution < 1.29 is 9.21 Å². The number of carbonyl (C=O) groups excluding carboxylic acids is 1. The van der Waals surface area contributed by atoms with Crippen LogP contribution < -0.4 is 0 Å². The first-order valence-electron chi connectivity index (χ1n) is 6.84. The third kappa shape index (κ3) is 3.70. The molecule has 0 amide bonds. The van der Waals surface area contributed by atoms with Crippen LogP contribution in [-0.4, -0.2) is 11.3 Å². The summed E-state index contributed by atoms with van der Waals surface area (Å²) in [6, 6.07) is 0. The third-order valence-corrected chi connectivity index (χ3v) is 3.72. The molecule has 1 fully saturated rings. The van der Waals surface area contributed by atoms with Gasteiger partial charge in [0, 0.05) is 17.4 Å². The standard InChI is InChI=1S/C16H18ClNO2/c1-2-13(17)9-5-6-10-15-18-14(11-19)16(20-15)12-7-3-4-8-12/h2,5-6,9,11-12H,1,3-4,7-8,10H2/b6-5-,13-9+. The number of halogens is 1. The minimum Gasteiger partial charge on any atom is -0.444 e. The molecule has 0 bridgehead atoms. The van der Waals surface area contributed by atoms with Crippen LogP contribution in [0.5, 0.6) is 0 Å². The van der Waals surface area contributed by atoms with Gasteiger partial charge in [0.05, 0.1) is 0 Å². The van der Waals surface area contributed by atoms with Gasteiger partial charge in [-0.25, -0.2) is 4.98 Å². The summed E-state index contributed by atoms with van der Waals surface area (Å²) in [4.78, 5) is 15.3. The lowest BCUT2D eigenvalue weighted by molar-refractivity contribution is 0.111. The molecule has 0 aromatic carbocycles. The number of hydrogen-bond donors (Lipinski definition) is 0. The van der Waals surface area contributed by atoms with Crippen LogP contribution in [0.25, 0.3) is 0 Å². The zero-order valence-corrected chi connectivity index (χ0v) is 12.1. The summed E-state index contributed by atoms with van der Waals surface area (Å²) in [5.41, 5.74) is 0.458. The molecule has 0 atom stereocenters. The Kier molecular flexibility index (Phi) is 5.36. The van der Waals surface area contributed by atoms with Crippen LogP contribution >= 0.6 is 11.6 Å². The molecule has 1 heterocycles. The fourth-order valence-corrected chi connectivity index (χ4v) is 2.51. The molecule has 20 heavy (non-hydrogen) atoms. The highest BCUT2D eigenvalue weighted by Gasteiger charge is 2.24. The Balaban J connectivity index is 2.05. The van der Waals surface area contributed by atoms with Gasteiger partial charge in [0.2, 0.25) is 0 Å². The molecule has 0 N–H and O–H groups in total. The Hall–Kier alpha value is -1.61. The second kappa shape index (κ2) is 7.25. The van der Waals surface area contributed by atoms with Crippen molar-refractivity contribution >= 4 is 17.9 Å². The zero-order chi connectivity index (χ0) is 14.4. The Morgan fingerprint density at radius 3 is 2.85 bits per heavy atom. The first-order valence-corrected chi connectivity index (χ1v) is 7.22. The van der Waals surface area contributed by atoms with Gasteiger partial charge in [0.1, 0.15) is 11.5 Å². The van der Waals surface area contributed by atoms with E-state index in [1.165, 1.54) is 12.8 Å². The first kappa shape index (κ1) is 14.8. The minimum atomic E-state index is 0.357. The van der Waals surface area contributed by atoms with Gasteiger partial charge in [-0.1, -0.05) is 49.2 Å². The van der Waals surface area contributed by atoms with E-state index >= 15 is 0 Å². The molecule has 1 aliphatic carbocycles. The summed E-state index contributed by atoms with van der Waals surface area (Å²) in [6.45, 7) is 3.56. The van der Waals surface area contributed by atoms with Crippen molar-refractivity contribution in [3.05, 3.63) is 53.3 Å². The van der Waals surface area contributed by atoms with E-state index in [9.17, 15) is 4.79 Å². The summed E-state index contributed by atoms with van der Waals surface area (Å²) >= 11 is 5.79. The molecule has 1 aromatic rings. The maximum atomic E-state index is 11.1. The van der Waals surface area contributed by atoms with Crippen molar-refractivity contribution in [2.45, 2.75) is 38.0 Å². The maximum Gasteiger partial charge on any atom is 0.198 e. The Morgan fingerprint density at radius 1 is 1.45 bits per heavy atom. The Labute approximate surface area is 124 Å². The monoisotopic (exact) mass is 291 g/mol. The van der Waals surface area contributed by atoms with Crippen molar-refractivity contribution in [2.24, 2.45) is 0 Å². The zero-order valence-electron chi connectivity index (χ0n) is 11.3. The predicted octanol–water partition coefficient (Wildman–Crippen LogP) is 4.55. The third-order valence-electron chi connectivity index (χ3n) is 3.44. The first-order chi connectivity index (χ1) is 9.74. The quantitative estimate of drug-likeness (QED) is 0.570. The number of hydrogen-bond acceptors (Lipinski definition) is 3. The molecular formula is C16H18ClNO2. The minimum absolute atomic E-state index is 0.357. The highest BCUT2D eigenvalue weighted by molar-refractivity contribution is 6.31. The number of allylic oxidation sites excluding steroid dienone is 5. The molecule has 1 aliphatic rings. The van der Waals surface area contributed by atoms with Gasteiger partial charge in [-0.2, -0.15) is 0 Å². The normalized spacial score (nSPS) is 16.9. The van der Waals surface area contributed by atoms with Gasteiger partial charge in [0.25, 0.3) is 0 Å². The second-order valence-corrected chi connectivity index (χ2v) is 5.28. The molecule has 0 saturated heterocycles. The topological polar surface area (TPSA) is 43.1 Å². The average molecular weight is 292 g/mol. The summed E-state index contributed by atoms with van der Waals surface area (Å²) in [6.07, 6.45) is 12.9. The summed E-state index contributed by atoms with van der Waals surface area (Å²) < 4.78 is 5.76. The van der Waals surface area contributed by atoms with Gasteiger partial charge in [-0.05, 0) is 18.9 Å². The number of nitrogens with zero attached hydrogens (tertiary/aromatic N) is 1. The van der Waals surface area contributed by atoms with Crippen LogP contribution in [0.15, 0.2) is 40.3 Å². The maximum absolute atomic E-state index is 11.1. The fraction of sp³-hybridized carbons (Fsp3) is 0.375.